The number of para-hydroxylation sites is 1. The fourth-order valence-electron chi connectivity index (χ4n) is 3.54. The molecule has 2 N–H and O–H groups in total. The zero-order valence-electron chi connectivity index (χ0n) is 19.0. The molecule has 2 heterocycles. The molecule has 1 aromatic heterocycles. The summed E-state index contributed by atoms with van der Waals surface area (Å²) in [6, 6.07) is 16.3. The van der Waals surface area contributed by atoms with Crippen LogP contribution in [0, 0.1) is 6.92 Å². The van der Waals surface area contributed by atoms with Crippen LogP contribution in [0.4, 0.5) is 0 Å². The molecule has 33 heavy (non-hydrogen) atoms. The van der Waals surface area contributed by atoms with Crippen LogP contribution in [0.5, 0.6) is 5.75 Å². The minimum atomic E-state index is 0. The van der Waals surface area contributed by atoms with Gasteiger partial charge in [-0.05, 0) is 37.6 Å². The highest BCUT2D eigenvalue weighted by molar-refractivity contribution is 14.0. The van der Waals surface area contributed by atoms with Gasteiger partial charge < -0.3 is 20.1 Å². The summed E-state index contributed by atoms with van der Waals surface area (Å²) in [6.07, 6.45) is 2.75. The Morgan fingerprint density at radius 2 is 2.06 bits per heavy atom. The van der Waals surface area contributed by atoms with Crippen LogP contribution in [0.1, 0.15) is 30.3 Å². The van der Waals surface area contributed by atoms with Crippen molar-refractivity contribution >= 4 is 29.9 Å². The highest BCUT2D eigenvalue weighted by atomic mass is 127. The first-order valence-electron chi connectivity index (χ1n) is 11.0. The number of hydrogen-bond acceptors (Lipinski definition) is 5. The number of rotatable bonds is 8. The fraction of sp³-hybridized carbons (Fsp3) is 0.375. The van der Waals surface area contributed by atoms with E-state index in [9.17, 15) is 0 Å². The number of aliphatic imine (C=N–C) groups is 1. The van der Waals surface area contributed by atoms with E-state index in [1.165, 1.54) is 0 Å². The number of halogens is 1. The van der Waals surface area contributed by atoms with Crippen LogP contribution in [0.3, 0.4) is 0 Å². The third kappa shape index (κ3) is 6.91. The largest absolute Gasteiger partial charge is 0.488 e. The zero-order valence-corrected chi connectivity index (χ0v) is 21.4. The summed E-state index contributed by atoms with van der Waals surface area (Å²) < 4.78 is 13.6. The van der Waals surface area contributed by atoms with Crippen molar-refractivity contribution in [3.8, 4) is 11.4 Å². The van der Waals surface area contributed by atoms with Crippen LogP contribution in [0.25, 0.3) is 5.69 Å². The first-order chi connectivity index (χ1) is 15.7. The van der Waals surface area contributed by atoms with Crippen LogP contribution >= 0.6 is 24.0 Å². The van der Waals surface area contributed by atoms with Crippen molar-refractivity contribution in [3.05, 3.63) is 71.8 Å². The van der Waals surface area contributed by atoms with Crippen molar-refractivity contribution in [2.45, 2.75) is 39.5 Å². The third-order valence-corrected chi connectivity index (χ3v) is 5.22. The molecule has 176 valence electrons. The molecular formula is C24H31IN6O2. The maximum absolute atomic E-state index is 6.21. The Morgan fingerprint density at radius 3 is 2.82 bits per heavy atom. The monoisotopic (exact) mass is 562 g/mol. The summed E-state index contributed by atoms with van der Waals surface area (Å²) in [7, 11) is 0. The molecule has 2 aromatic carbocycles. The lowest BCUT2D eigenvalue weighted by Crippen LogP contribution is -2.37. The van der Waals surface area contributed by atoms with E-state index < -0.39 is 0 Å². The summed E-state index contributed by atoms with van der Waals surface area (Å²) in [4.78, 5) is 4.78. The Balaban J connectivity index is 0.00000306. The van der Waals surface area contributed by atoms with Crippen molar-refractivity contribution < 1.29 is 9.47 Å². The molecule has 1 fully saturated rings. The second-order valence-corrected chi connectivity index (χ2v) is 7.72. The van der Waals surface area contributed by atoms with Crippen molar-refractivity contribution in [1.82, 2.24) is 25.4 Å². The molecule has 0 saturated carbocycles. The quantitative estimate of drug-likeness (QED) is 0.248. The summed E-state index contributed by atoms with van der Waals surface area (Å²) in [6.45, 7) is 7.27. The van der Waals surface area contributed by atoms with Gasteiger partial charge in [0.1, 0.15) is 18.2 Å². The van der Waals surface area contributed by atoms with Gasteiger partial charge in [0.05, 0.1) is 26.3 Å². The maximum Gasteiger partial charge on any atom is 0.191 e. The Labute approximate surface area is 211 Å². The van der Waals surface area contributed by atoms with E-state index in [0.717, 1.165) is 48.0 Å². The molecule has 8 nitrogen and oxygen atoms in total. The highest BCUT2D eigenvalue weighted by Gasteiger charge is 2.18. The Hall–Kier alpha value is -2.66. The number of benzene rings is 2. The highest BCUT2D eigenvalue weighted by Crippen LogP contribution is 2.24. The van der Waals surface area contributed by atoms with E-state index >= 15 is 0 Å². The first-order valence-corrected chi connectivity index (χ1v) is 11.0. The van der Waals surface area contributed by atoms with Crippen molar-refractivity contribution in [2.75, 3.05) is 19.8 Å². The molecule has 9 heteroatoms. The molecule has 0 radical (unpaired) electrons. The second-order valence-electron chi connectivity index (χ2n) is 7.72. The Kier molecular flexibility index (Phi) is 9.49. The average molecular weight is 562 g/mol. The van der Waals surface area contributed by atoms with Crippen molar-refractivity contribution in [3.63, 3.8) is 0 Å². The third-order valence-electron chi connectivity index (χ3n) is 5.22. The molecule has 1 unspecified atom stereocenters. The molecule has 1 atom stereocenters. The number of nitrogens with zero attached hydrogens (tertiary/aromatic N) is 4. The van der Waals surface area contributed by atoms with E-state index in [0.29, 0.717) is 25.7 Å². The van der Waals surface area contributed by atoms with Crippen molar-refractivity contribution in [1.29, 1.82) is 0 Å². The second kappa shape index (κ2) is 12.5. The van der Waals surface area contributed by atoms with Crippen molar-refractivity contribution in [2.24, 2.45) is 4.99 Å². The fourth-order valence-corrected chi connectivity index (χ4v) is 3.54. The van der Waals surface area contributed by atoms with Crippen LogP contribution in [0.2, 0.25) is 0 Å². The maximum atomic E-state index is 6.21. The van der Waals surface area contributed by atoms with Gasteiger partial charge in [0, 0.05) is 24.2 Å². The Morgan fingerprint density at radius 1 is 1.21 bits per heavy atom. The van der Waals surface area contributed by atoms with Gasteiger partial charge in [-0.15, -0.1) is 34.2 Å². The van der Waals surface area contributed by atoms with E-state index in [1.807, 2.05) is 41.8 Å². The molecule has 0 spiro atoms. The van der Waals surface area contributed by atoms with Crippen LogP contribution in [-0.2, 0) is 17.8 Å². The zero-order chi connectivity index (χ0) is 22.2. The normalized spacial score (nSPS) is 15.7. The number of guanidine groups is 1. The van der Waals surface area contributed by atoms with Gasteiger partial charge in [-0.25, -0.2) is 4.99 Å². The van der Waals surface area contributed by atoms with Gasteiger partial charge in [0.2, 0.25) is 0 Å². The molecule has 0 aliphatic carbocycles. The minimum Gasteiger partial charge on any atom is -0.488 e. The summed E-state index contributed by atoms with van der Waals surface area (Å²) in [5.41, 5.74) is 3.23. The van der Waals surface area contributed by atoms with E-state index in [-0.39, 0.29) is 30.1 Å². The van der Waals surface area contributed by atoms with Gasteiger partial charge >= 0.3 is 0 Å². The lowest BCUT2D eigenvalue weighted by molar-refractivity contribution is 0.140. The van der Waals surface area contributed by atoms with Crippen LogP contribution < -0.4 is 15.4 Å². The minimum absolute atomic E-state index is 0. The van der Waals surface area contributed by atoms with Gasteiger partial charge in [-0.3, -0.25) is 4.57 Å². The molecule has 1 aliphatic heterocycles. The number of nitrogens with one attached hydrogen (secondary N) is 2. The summed E-state index contributed by atoms with van der Waals surface area (Å²) >= 11 is 0. The number of aromatic nitrogens is 3. The number of ether oxygens (including phenoxy) is 2. The number of hydrogen-bond donors (Lipinski definition) is 2. The number of aryl methyl sites for hydroxylation is 1. The van der Waals surface area contributed by atoms with Crippen LogP contribution in [-0.4, -0.2) is 46.6 Å². The molecule has 1 aliphatic rings. The molecular weight excluding hydrogens is 531 g/mol. The van der Waals surface area contributed by atoms with E-state index in [4.69, 9.17) is 14.5 Å². The summed E-state index contributed by atoms with van der Waals surface area (Å²) in [5.74, 6) is 2.40. The van der Waals surface area contributed by atoms with Gasteiger partial charge in [0.25, 0.3) is 0 Å². The van der Waals surface area contributed by atoms with Gasteiger partial charge in [-0.2, -0.15) is 0 Å². The SMILES string of the molecule is CCNC(=NCc1ccc(C)cc1OC1CCOC1)NCc1nncn1-c1ccccc1.I. The topological polar surface area (TPSA) is 85.6 Å². The average Bonchev–Trinajstić information content (AvgIpc) is 3.49. The molecule has 0 amide bonds. The summed E-state index contributed by atoms with van der Waals surface area (Å²) in [5, 5.41) is 15.0. The van der Waals surface area contributed by atoms with E-state index in [1.54, 1.807) is 6.33 Å². The molecule has 1 saturated heterocycles. The first kappa shape index (κ1) is 25.0. The van der Waals surface area contributed by atoms with Gasteiger partial charge in [-0.1, -0.05) is 30.3 Å². The standard InChI is InChI=1S/C24H30N6O2.HI/c1-3-25-24(27-15-23-29-28-17-30(23)20-7-5-4-6-8-20)26-14-19-10-9-18(2)13-22(19)32-21-11-12-31-16-21;/h4-10,13,17,21H,3,11-12,14-16H2,1-2H3,(H2,25,26,27);1H. The van der Waals surface area contributed by atoms with Crippen LogP contribution in [0.15, 0.2) is 59.9 Å². The van der Waals surface area contributed by atoms with Gasteiger partial charge in [0.15, 0.2) is 11.8 Å². The molecule has 0 bridgehead atoms. The predicted octanol–water partition coefficient (Wildman–Crippen LogP) is 3.62. The lowest BCUT2D eigenvalue weighted by Gasteiger charge is -2.16. The molecule has 4 rings (SSSR count). The smallest absolute Gasteiger partial charge is 0.191 e. The lowest BCUT2D eigenvalue weighted by atomic mass is 10.1. The molecule has 3 aromatic rings. The Bertz CT molecular complexity index is 1030. The van der Waals surface area contributed by atoms with E-state index in [2.05, 4.69) is 46.0 Å². The predicted molar refractivity (Wildman–Crippen MR) is 139 cm³/mol.